The van der Waals surface area contributed by atoms with Gasteiger partial charge in [-0.15, -0.1) is 0 Å². The molecule has 2 rings (SSSR count). The van der Waals surface area contributed by atoms with Crippen molar-refractivity contribution in [2.75, 3.05) is 0 Å². The predicted molar refractivity (Wildman–Crippen MR) is 72.3 cm³/mol. The summed E-state index contributed by atoms with van der Waals surface area (Å²) in [4.78, 5) is 23.0. The lowest BCUT2D eigenvalue weighted by Gasteiger charge is -2.16. The first-order valence-corrected chi connectivity index (χ1v) is 6.65. The van der Waals surface area contributed by atoms with E-state index in [1.807, 2.05) is 19.1 Å². The molecular formula is C15H19NO3. The normalized spacial score (nSPS) is 16.1. The van der Waals surface area contributed by atoms with Crippen molar-refractivity contribution in [1.29, 1.82) is 0 Å². The number of aryl methyl sites for hydroxylation is 1. The Kier molecular flexibility index (Phi) is 4.32. The van der Waals surface area contributed by atoms with E-state index in [2.05, 4.69) is 5.32 Å². The lowest BCUT2D eigenvalue weighted by atomic mass is 9.99. The summed E-state index contributed by atoms with van der Waals surface area (Å²) in [7, 11) is 0. The zero-order valence-corrected chi connectivity index (χ0v) is 11.1. The van der Waals surface area contributed by atoms with Crippen LogP contribution in [0, 0.1) is 6.92 Å². The highest BCUT2D eigenvalue weighted by Crippen LogP contribution is 2.21. The molecule has 1 aliphatic rings. The molecule has 0 bridgehead atoms. The minimum absolute atomic E-state index is 0.00634. The first-order valence-electron chi connectivity index (χ1n) is 6.65. The number of nitrogens with one attached hydrogen (secondary N) is 1. The summed E-state index contributed by atoms with van der Waals surface area (Å²) >= 11 is 0. The molecule has 0 radical (unpaired) electrons. The minimum atomic E-state index is -0.862. The second-order valence-corrected chi connectivity index (χ2v) is 5.16. The summed E-state index contributed by atoms with van der Waals surface area (Å²) in [6.45, 7) is 1.97. The van der Waals surface area contributed by atoms with Gasteiger partial charge in [0.25, 0.3) is 0 Å². The van der Waals surface area contributed by atoms with Crippen LogP contribution in [0.1, 0.15) is 41.6 Å². The minimum Gasteiger partial charge on any atom is -0.481 e. The number of hydrogen-bond donors (Lipinski definition) is 2. The number of carbonyl (C=O) groups is 2. The fraction of sp³-hybridized carbons (Fsp3) is 0.467. The van der Waals surface area contributed by atoms with Crippen LogP contribution in [0.25, 0.3) is 0 Å². The number of ketones is 1. The maximum atomic E-state index is 12.4. The van der Waals surface area contributed by atoms with Crippen LogP contribution in [0.15, 0.2) is 24.3 Å². The molecule has 19 heavy (non-hydrogen) atoms. The molecule has 4 nitrogen and oxygen atoms in total. The van der Waals surface area contributed by atoms with E-state index in [0.29, 0.717) is 18.0 Å². The van der Waals surface area contributed by atoms with Crippen LogP contribution in [0.3, 0.4) is 0 Å². The van der Waals surface area contributed by atoms with Crippen LogP contribution in [-0.4, -0.2) is 28.9 Å². The molecule has 0 amide bonds. The van der Waals surface area contributed by atoms with Gasteiger partial charge in [-0.25, -0.2) is 0 Å². The molecule has 4 heteroatoms. The summed E-state index contributed by atoms with van der Waals surface area (Å²) in [5, 5.41) is 12.0. The van der Waals surface area contributed by atoms with Gasteiger partial charge < -0.3 is 10.4 Å². The Labute approximate surface area is 112 Å². The van der Waals surface area contributed by atoms with E-state index in [1.54, 1.807) is 12.1 Å². The molecule has 1 aromatic carbocycles. The van der Waals surface area contributed by atoms with Crippen LogP contribution >= 0.6 is 0 Å². The molecule has 1 saturated carbocycles. The summed E-state index contributed by atoms with van der Waals surface area (Å²) < 4.78 is 0. The predicted octanol–water partition coefficient (Wildman–Crippen LogP) is 2.16. The van der Waals surface area contributed by atoms with Gasteiger partial charge in [0.2, 0.25) is 0 Å². The maximum Gasteiger partial charge on any atom is 0.303 e. The van der Waals surface area contributed by atoms with Gasteiger partial charge in [-0.2, -0.15) is 0 Å². The first-order chi connectivity index (χ1) is 9.06. The Hall–Kier alpha value is -1.68. The number of benzene rings is 1. The smallest absolute Gasteiger partial charge is 0.303 e. The molecule has 0 aliphatic heterocycles. The molecule has 102 valence electrons. The summed E-state index contributed by atoms with van der Waals surface area (Å²) in [6, 6.07) is 7.41. The van der Waals surface area contributed by atoms with Crippen LogP contribution in [0.5, 0.6) is 0 Å². The van der Waals surface area contributed by atoms with E-state index in [1.165, 1.54) is 0 Å². The van der Waals surface area contributed by atoms with Crippen LogP contribution in [0.4, 0.5) is 0 Å². The van der Waals surface area contributed by atoms with E-state index in [4.69, 9.17) is 5.11 Å². The Bertz CT molecular complexity index is 463. The van der Waals surface area contributed by atoms with Crippen LogP contribution in [-0.2, 0) is 4.79 Å². The van der Waals surface area contributed by atoms with Crippen LogP contribution < -0.4 is 5.32 Å². The average molecular weight is 261 g/mol. The van der Waals surface area contributed by atoms with Crippen molar-refractivity contribution in [3.8, 4) is 0 Å². The number of hydrogen-bond acceptors (Lipinski definition) is 3. The lowest BCUT2D eigenvalue weighted by Crippen LogP contribution is -2.38. The molecule has 0 aromatic heterocycles. The fourth-order valence-electron chi connectivity index (χ4n) is 2.01. The third-order valence-corrected chi connectivity index (χ3v) is 3.31. The fourth-order valence-corrected chi connectivity index (χ4v) is 2.01. The van der Waals surface area contributed by atoms with Gasteiger partial charge in [0.15, 0.2) is 5.78 Å². The molecule has 0 heterocycles. The SMILES string of the molecule is Cc1ccc(C(=O)C(CCC(=O)O)NC2CC2)cc1. The van der Waals surface area contributed by atoms with Gasteiger partial charge in [0.05, 0.1) is 6.04 Å². The molecule has 2 N–H and O–H groups in total. The zero-order valence-electron chi connectivity index (χ0n) is 11.1. The van der Waals surface area contributed by atoms with E-state index in [9.17, 15) is 9.59 Å². The number of Topliss-reactive ketones (excluding diaryl/α,β-unsaturated/α-hetero) is 1. The summed E-state index contributed by atoms with van der Waals surface area (Å²) in [5.74, 6) is -0.868. The number of rotatable bonds is 7. The Morgan fingerprint density at radius 3 is 2.47 bits per heavy atom. The van der Waals surface area contributed by atoms with Crippen molar-refractivity contribution in [3.63, 3.8) is 0 Å². The van der Waals surface area contributed by atoms with E-state index in [-0.39, 0.29) is 18.2 Å². The van der Waals surface area contributed by atoms with Crippen LogP contribution in [0.2, 0.25) is 0 Å². The number of aliphatic carboxylic acids is 1. The number of carboxylic acids is 1. The molecule has 1 aromatic rings. The van der Waals surface area contributed by atoms with Gasteiger partial charge in [0, 0.05) is 18.0 Å². The van der Waals surface area contributed by atoms with E-state index < -0.39 is 5.97 Å². The topological polar surface area (TPSA) is 66.4 Å². The maximum absolute atomic E-state index is 12.4. The third-order valence-electron chi connectivity index (χ3n) is 3.31. The zero-order chi connectivity index (χ0) is 13.8. The van der Waals surface area contributed by atoms with Crippen molar-refractivity contribution in [2.24, 2.45) is 0 Å². The largest absolute Gasteiger partial charge is 0.481 e. The van der Waals surface area contributed by atoms with Crippen molar-refractivity contribution in [2.45, 2.75) is 44.7 Å². The molecule has 1 aliphatic carbocycles. The Balaban J connectivity index is 2.04. The van der Waals surface area contributed by atoms with Gasteiger partial charge in [-0.3, -0.25) is 9.59 Å². The van der Waals surface area contributed by atoms with E-state index >= 15 is 0 Å². The second-order valence-electron chi connectivity index (χ2n) is 5.16. The molecule has 1 fully saturated rings. The monoisotopic (exact) mass is 261 g/mol. The summed E-state index contributed by atoms with van der Waals surface area (Å²) in [6.07, 6.45) is 2.51. The van der Waals surface area contributed by atoms with Crippen molar-refractivity contribution < 1.29 is 14.7 Å². The Morgan fingerprint density at radius 1 is 1.32 bits per heavy atom. The third kappa shape index (κ3) is 4.17. The molecule has 0 saturated heterocycles. The van der Waals surface area contributed by atoms with Gasteiger partial charge in [-0.1, -0.05) is 29.8 Å². The quantitative estimate of drug-likeness (QED) is 0.738. The van der Waals surface area contributed by atoms with Gasteiger partial charge in [-0.05, 0) is 26.2 Å². The number of carboxylic acid groups (broad SMARTS) is 1. The molecular weight excluding hydrogens is 242 g/mol. The lowest BCUT2D eigenvalue weighted by molar-refractivity contribution is -0.137. The molecule has 0 spiro atoms. The Morgan fingerprint density at radius 2 is 1.95 bits per heavy atom. The highest BCUT2D eigenvalue weighted by atomic mass is 16.4. The highest BCUT2D eigenvalue weighted by Gasteiger charge is 2.29. The highest BCUT2D eigenvalue weighted by molar-refractivity contribution is 6.00. The van der Waals surface area contributed by atoms with Crippen molar-refractivity contribution in [3.05, 3.63) is 35.4 Å². The molecule has 1 atom stereocenters. The number of carbonyl (C=O) groups excluding carboxylic acids is 1. The average Bonchev–Trinajstić information content (AvgIpc) is 3.18. The van der Waals surface area contributed by atoms with Gasteiger partial charge in [0.1, 0.15) is 0 Å². The van der Waals surface area contributed by atoms with Crippen molar-refractivity contribution >= 4 is 11.8 Å². The first kappa shape index (κ1) is 13.7. The summed E-state index contributed by atoms with van der Waals surface area (Å²) in [5.41, 5.74) is 1.75. The second kappa shape index (κ2) is 5.97. The van der Waals surface area contributed by atoms with Gasteiger partial charge >= 0.3 is 5.97 Å². The standard InChI is InChI=1S/C15H19NO3/c1-10-2-4-11(5-3-10)15(19)13(8-9-14(17)18)16-12-6-7-12/h2-5,12-13,16H,6-9H2,1H3,(H,17,18). The van der Waals surface area contributed by atoms with Crippen molar-refractivity contribution in [1.82, 2.24) is 5.32 Å². The van der Waals surface area contributed by atoms with E-state index in [0.717, 1.165) is 18.4 Å². The molecule has 1 unspecified atom stereocenters.